The fourth-order valence-corrected chi connectivity index (χ4v) is 2.82. The summed E-state index contributed by atoms with van der Waals surface area (Å²) in [4.78, 5) is 7.64. The molecular weight excluding hydrogens is 210 g/mol. The minimum atomic E-state index is 0.666. The molecule has 1 saturated heterocycles. The molecule has 17 heavy (non-hydrogen) atoms. The van der Waals surface area contributed by atoms with Crippen molar-refractivity contribution in [1.29, 1.82) is 0 Å². The van der Waals surface area contributed by atoms with Gasteiger partial charge in [0.2, 0.25) is 0 Å². The van der Waals surface area contributed by atoms with Crippen molar-refractivity contribution < 1.29 is 0 Å². The maximum absolute atomic E-state index is 2.67. The van der Waals surface area contributed by atoms with Crippen molar-refractivity contribution >= 4 is 0 Å². The molecule has 1 fully saturated rings. The molecule has 1 heterocycles. The average molecular weight is 241 g/mol. The van der Waals surface area contributed by atoms with E-state index in [-0.39, 0.29) is 0 Å². The molecule has 0 aliphatic carbocycles. The van der Waals surface area contributed by atoms with Crippen molar-refractivity contribution in [2.24, 2.45) is 0 Å². The summed E-state index contributed by atoms with van der Waals surface area (Å²) >= 11 is 0. The lowest BCUT2D eigenvalue weighted by atomic mass is 10.1. The molecule has 1 aliphatic rings. The molecule has 2 atom stereocenters. The van der Waals surface area contributed by atoms with Crippen LogP contribution in [0.1, 0.15) is 34.1 Å². The number of rotatable bonds is 5. The van der Waals surface area contributed by atoms with E-state index < -0.39 is 0 Å². The Morgan fingerprint density at radius 3 is 2.29 bits per heavy atom. The molecule has 102 valence electrons. The third-order valence-electron chi connectivity index (χ3n) is 4.01. The van der Waals surface area contributed by atoms with Gasteiger partial charge in [0.1, 0.15) is 0 Å². The summed E-state index contributed by atoms with van der Waals surface area (Å²) in [6.07, 6.45) is 1.26. The van der Waals surface area contributed by atoms with E-state index in [4.69, 9.17) is 0 Å². The fourth-order valence-electron chi connectivity index (χ4n) is 2.82. The Labute approximate surface area is 108 Å². The van der Waals surface area contributed by atoms with E-state index in [0.717, 1.165) is 6.04 Å². The van der Waals surface area contributed by atoms with Gasteiger partial charge < -0.3 is 4.90 Å². The van der Waals surface area contributed by atoms with E-state index >= 15 is 0 Å². The average Bonchev–Trinajstić information content (AvgIpc) is 2.26. The van der Waals surface area contributed by atoms with Gasteiger partial charge >= 0.3 is 0 Å². The maximum Gasteiger partial charge on any atom is 0.0353 e. The lowest BCUT2D eigenvalue weighted by Gasteiger charge is -2.46. The molecule has 1 rings (SSSR count). The van der Waals surface area contributed by atoms with Gasteiger partial charge in [-0.05, 0) is 41.3 Å². The van der Waals surface area contributed by atoms with Gasteiger partial charge in [0, 0.05) is 44.3 Å². The minimum absolute atomic E-state index is 0.666. The Morgan fingerprint density at radius 1 is 1.18 bits per heavy atom. The Morgan fingerprint density at radius 2 is 1.82 bits per heavy atom. The highest BCUT2D eigenvalue weighted by Crippen LogP contribution is 2.17. The van der Waals surface area contributed by atoms with Crippen molar-refractivity contribution in [1.82, 2.24) is 14.7 Å². The Kier molecular flexibility index (Phi) is 5.90. The van der Waals surface area contributed by atoms with E-state index in [9.17, 15) is 0 Å². The Hall–Kier alpha value is -0.120. The van der Waals surface area contributed by atoms with Crippen LogP contribution >= 0.6 is 0 Å². The van der Waals surface area contributed by atoms with E-state index in [1.807, 2.05) is 0 Å². The molecule has 0 saturated carbocycles. The van der Waals surface area contributed by atoms with Gasteiger partial charge in [0.05, 0.1) is 0 Å². The van der Waals surface area contributed by atoms with Crippen molar-refractivity contribution in [3.8, 4) is 0 Å². The molecule has 0 amide bonds. The SMILES string of the molecule is CCC(C)N1CCN(C(C)C)C(CN(C)C)C1. The fraction of sp³-hybridized carbons (Fsp3) is 1.00. The molecule has 0 aromatic carbocycles. The van der Waals surface area contributed by atoms with Gasteiger partial charge in [-0.25, -0.2) is 0 Å². The standard InChI is InChI=1S/C14H31N3/c1-7-13(4)16-8-9-17(12(2)3)14(11-16)10-15(5)6/h12-14H,7-11H2,1-6H3. The van der Waals surface area contributed by atoms with Crippen LogP contribution < -0.4 is 0 Å². The molecule has 0 spiro atoms. The summed E-state index contributed by atoms with van der Waals surface area (Å²) in [6.45, 7) is 14.1. The number of piperazine rings is 1. The molecule has 0 N–H and O–H groups in total. The van der Waals surface area contributed by atoms with E-state index in [0.29, 0.717) is 12.1 Å². The molecule has 2 unspecified atom stereocenters. The second-order valence-electron chi connectivity index (χ2n) is 6.00. The first-order valence-electron chi connectivity index (χ1n) is 7.10. The summed E-state index contributed by atoms with van der Waals surface area (Å²) in [6, 6.07) is 2.08. The van der Waals surface area contributed by atoms with Crippen LogP contribution in [0.2, 0.25) is 0 Å². The monoisotopic (exact) mass is 241 g/mol. The smallest absolute Gasteiger partial charge is 0.0353 e. The van der Waals surface area contributed by atoms with Crippen molar-refractivity contribution in [2.45, 2.75) is 52.2 Å². The topological polar surface area (TPSA) is 9.72 Å². The van der Waals surface area contributed by atoms with E-state index in [1.54, 1.807) is 0 Å². The van der Waals surface area contributed by atoms with Gasteiger partial charge in [0.15, 0.2) is 0 Å². The largest absolute Gasteiger partial charge is 0.308 e. The Bertz CT molecular complexity index is 216. The highest BCUT2D eigenvalue weighted by atomic mass is 15.3. The van der Waals surface area contributed by atoms with E-state index in [2.05, 4.69) is 56.5 Å². The maximum atomic E-state index is 2.67. The number of hydrogen-bond donors (Lipinski definition) is 0. The van der Waals surface area contributed by atoms with Crippen LogP contribution in [0.25, 0.3) is 0 Å². The molecule has 1 aliphatic heterocycles. The lowest BCUT2D eigenvalue weighted by molar-refractivity contribution is 0.0213. The zero-order valence-electron chi connectivity index (χ0n) is 12.6. The van der Waals surface area contributed by atoms with Crippen LogP contribution in [0.5, 0.6) is 0 Å². The molecule has 0 bridgehead atoms. The summed E-state index contributed by atoms with van der Waals surface area (Å²) in [5.74, 6) is 0. The van der Waals surface area contributed by atoms with Gasteiger partial charge in [-0.3, -0.25) is 9.80 Å². The molecular formula is C14H31N3. The molecule has 0 aromatic rings. The number of likely N-dealkylation sites (N-methyl/N-ethyl adjacent to an activating group) is 1. The van der Waals surface area contributed by atoms with Gasteiger partial charge in [-0.2, -0.15) is 0 Å². The van der Waals surface area contributed by atoms with Crippen LogP contribution in [-0.4, -0.2) is 73.1 Å². The van der Waals surface area contributed by atoms with Gasteiger partial charge in [-0.15, -0.1) is 0 Å². The second-order valence-corrected chi connectivity index (χ2v) is 6.00. The highest BCUT2D eigenvalue weighted by molar-refractivity contribution is 4.87. The van der Waals surface area contributed by atoms with Crippen molar-refractivity contribution in [3.63, 3.8) is 0 Å². The third-order valence-corrected chi connectivity index (χ3v) is 4.01. The van der Waals surface area contributed by atoms with Crippen molar-refractivity contribution in [3.05, 3.63) is 0 Å². The lowest BCUT2D eigenvalue weighted by Crippen LogP contribution is -2.59. The first-order chi connectivity index (χ1) is 7.95. The van der Waals surface area contributed by atoms with Crippen molar-refractivity contribution in [2.75, 3.05) is 40.3 Å². The van der Waals surface area contributed by atoms with E-state index in [1.165, 1.54) is 32.6 Å². The Balaban J connectivity index is 2.62. The second kappa shape index (κ2) is 6.72. The van der Waals surface area contributed by atoms with Crippen LogP contribution in [0.3, 0.4) is 0 Å². The zero-order valence-corrected chi connectivity index (χ0v) is 12.6. The summed E-state index contributed by atoms with van der Waals surface area (Å²) < 4.78 is 0. The van der Waals surface area contributed by atoms with Crippen LogP contribution in [0.15, 0.2) is 0 Å². The normalized spacial score (nSPS) is 25.8. The predicted octanol–water partition coefficient (Wildman–Crippen LogP) is 1.74. The third kappa shape index (κ3) is 4.23. The van der Waals surface area contributed by atoms with Gasteiger partial charge in [-0.1, -0.05) is 6.92 Å². The number of nitrogens with zero attached hydrogens (tertiary/aromatic N) is 3. The summed E-state index contributed by atoms with van der Waals surface area (Å²) in [5.41, 5.74) is 0. The van der Waals surface area contributed by atoms with Crippen LogP contribution in [-0.2, 0) is 0 Å². The quantitative estimate of drug-likeness (QED) is 0.726. The highest BCUT2D eigenvalue weighted by Gasteiger charge is 2.30. The molecule has 0 aromatic heterocycles. The summed E-state index contributed by atoms with van der Waals surface area (Å²) in [7, 11) is 4.36. The molecule has 0 radical (unpaired) electrons. The minimum Gasteiger partial charge on any atom is -0.308 e. The first kappa shape index (κ1) is 14.9. The van der Waals surface area contributed by atoms with Crippen LogP contribution in [0.4, 0.5) is 0 Å². The van der Waals surface area contributed by atoms with Crippen LogP contribution in [0, 0.1) is 0 Å². The molecule has 3 heteroatoms. The van der Waals surface area contributed by atoms with Gasteiger partial charge in [0.25, 0.3) is 0 Å². The molecule has 3 nitrogen and oxygen atoms in total. The first-order valence-corrected chi connectivity index (χ1v) is 7.10. The zero-order chi connectivity index (χ0) is 13.0. The predicted molar refractivity (Wildman–Crippen MR) is 75.5 cm³/mol. The number of hydrogen-bond acceptors (Lipinski definition) is 3. The summed E-state index contributed by atoms with van der Waals surface area (Å²) in [5, 5.41) is 0.